The number of para-hydroxylation sites is 1. The summed E-state index contributed by atoms with van der Waals surface area (Å²) in [5, 5.41) is 20.6. The lowest BCUT2D eigenvalue weighted by Gasteiger charge is -2.13. The Balaban J connectivity index is 1.82. The summed E-state index contributed by atoms with van der Waals surface area (Å²) in [7, 11) is 0. The number of anilines is 3. The van der Waals surface area contributed by atoms with Gasteiger partial charge < -0.3 is 15.2 Å². The summed E-state index contributed by atoms with van der Waals surface area (Å²) in [6, 6.07) is 14.4. The van der Waals surface area contributed by atoms with Crippen molar-refractivity contribution in [3.05, 3.63) is 65.9 Å². The smallest absolute Gasteiger partial charge is 0.411 e. The van der Waals surface area contributed by atoms with E-state index in [4.69, 9.17) is 9.84 Å². The number of carboxylic acid groups (broad SMARTS) is 1. The molecular formula is C25H28N4O5. The highest BCUT2D eigenvalue weighted by Gasteiger charge is 2.31. The predicted octanol–water partition coefficient (Wildman–Crippen LogP) is 4.77. The molecule has 0 fully saturated rings. The first kappa shape index (κ1) is 24.5. The summed E-state index contributed by atoms with van der Waals surface area (Å²) in [6.07, 6.45) is 2.60. The topological polar surface area (TPSA) is 120 Å². The third-order valence-corrected chi connectivity index (χ3v) is 5.16. The molecule has 0 bridgehead atoms. The number of hydrogen-bond acceptors (Lipinski definition) is 6. The molecule has 0 atom stereocenters. The number of ether oxygens (including phenoxy) is 1. The SMILES string of the molecule is CCOC(=O)Nc1ccc(N2N=C(CCCC(=O)O)/C(=C\Nc3ccccc3CC)C2=O)cc1. The number of carbonyl (C=O) groups excluding carboxylic acids is 2. The minimum absolute atomic E-state index is 0.0131. The van der Waals surface area contributed by atoms with Gasteiger partial charge in [0.15, 0.2) is 0 Å². The molecule has 34 heavy (non-hydrogen) atoms. The molecule has 1 aliphatic rings. The Morgan fingerprint density at radius 2 is 1.85 bits per heavy atom. The van der Waals surface area contributed by atoms with E-state index in [1.807, 2.05) is 24.3 Å². The molecule has 3 rings (SSSR count). The summed E-state index contributed by atoms with van der Waals surface area (Å²) in [5.74, 6) is -1.22. The molecule has 9 nitrogen and oxygen atoms in total. The minimum Gasteiger partial charge on any atom is -0.481 e. The van der Waals surface area contributed by atoms with Crippen LogP contribution in [0.1, 0.15) is 38.7 Å². The van der Waals surface area contributed by atoms with Crippen LogP contribution >= 0.6 is 0 Å². The van der Waals surface area contributed by atoms with Crippen LogP contribution in [0.25, 0.3) is 0 Å². The highest BCUT2D eigenvalue weighted by molar-refractivity contribution is 6.30. The summed E-state index contributed by atoms with van der Waals surface area (Å²) in [5.41, 5.74) is 3.94. The number of amides is 2. The van der Waals surface area contributed by atoms with Crippen LogP contribution in [0.4, 0.5) is 21.9 Å². The van der Waals surface area contributed by atoms with E-state index in [1.165, 1.54) is 5.01 Å². The normalized spacial score (nSPS) is 14.2. The van der Waals surface area contributed by atoms with Gasteiger partial charge in [0.25, 0.3) is 5.91 Å². The van der Waals surface area contributed by atoms with Gasteiger partial charge in [-0.2, -0.15) is 10.1 Å². The molecule has 0 aromatic heterocycles. The Kier molecular flexibility index (Phi) is 8.39. The van der Waals surface area contributed by atoms with Crippen molar-refractivity contribution in [2.75, 3.05) is 22.2 Å². The van der Waals surface area contributed by atoms with Crippen LogP contribution < -0.4 is 15.6 Å². The molecule has 9 heteroatoms. The second-order valence-electron chi connectivity index (χ2n) is 7.52. The van der Waals surface area contributed by atoms with Gasteiger partial charge in [-0.3, -0.25) is 14.9 Å². The molecule has 2 amide bonds. The first-order valence-electron chi connectivity index (χ1n) is 11.2. The Morgan fingerprint density at radius 3 is 2.53 bits per heavy atom. The molecule has 1 aliphatic heterocycles. The lowest BCUT2D eigenvalue weighted by Crippen LogP contribution is -2.22. The molecule has 1 heterocycles. The summed E-state index contributed by atoms with van der Waals surface area (Å²) in [6.45, 7) is 4.03. The predicted molar refractivity (Wildman–Crippen MR) is 131 cm³/mol. The average Bonchev–Trinajstić information content (AvgIpc) is 3.13. The van der Waals surface area contributed by atoms with E-state index in [0.717, 1.165) is 17.7 Å². The van der Waals surface area contributed by atoms with E-state index >= 15 is 0 Å². The van der Waals surface area contributed by atoms with Crippen molar-refractivity contribution < 1.29 is 24.2 Å². The molecule has 2 aromatic rings. The van der Waals surface area contributed by atoms with Gasteiger partial charge in [-0.05, 0) is 62.1 Å². The molecule has 0 aliphatic carbocycles. The first-order valence-corrected chi connectivity index (χ1v) is 11.2. The first-order chi connectivity index (χ1) is 16.4. The lowest BCUT2D eigenvalue weighted by atomic mass is 10.1. The standard InChI is InChI=1S/C25H28N4O5/c1-3-17-8-5-6-9-21(17)26-16-20-22(10-7-11-23(30)31)28-29(24(20)32)19-14-12-18(13-15-19)27-25(33)34-4-2/h5-6,8-9,12-16,26H,3-4,7,10-11H2,1-2H3,(H,27,33)(H,30,31)/b20-16+. The second kappa shape index (κ2) is 11.6. The number of carboxylic acids is 1. The molecule has 178 valence electrons. The van der Waals surface area contributed by atoms with Crippen LogP contribution in [0.5, 0.6) is 0 Å². The van der Waals surface area contributed by atoms with Gasteiger partial charge in [0, 0.05) is 24.0 Å². The van der Waals surface area contributed by atoms with Crippen LogP contribution in [0.2, 0.25) is 0 Å². The van der Waals surface area contributed by atoms with Crippen molar-refractivity contribution in [3.8, 4) is 0 Å². The number of nitrogens with zero attached hydrogens (tertiary/aromatic N) is 2. The number of hydrazone groups is 1. The van der Waals surface area contributed by atoms with Gasteiger partial charge in [0.2, 0.25) is 0 Å². The van der Waals surface area contributed by atoms with E-state index < -0.39 is 12.1 Å². The zero-order valence-corrected chi connectivity index (χ0v) is 19.2. The molecule has 3 N–H and O–H groups in total. The van der Waals surface area contributed by atoms with Crippen LogP contribution in [-0.2, 0) is 20.7 Å². The summed E-state index contributed by atoms with van der Waals surface area (Å²) in [4.78, 5) is 35.8. The van der Waals surface area contributed by atoms with Gasteiger partial charge in [-0.25, -0.2) is 4.79 Å². The number of hydrogen-bond donors (Lipinski definition) is 3. The van der Waals surface area contributed by atoms with Crippen molar-refractivity contribution in [1.82, 2.24) is 0 Å². The maximum atomic E-state index is 13.2. The van der Waals surface area contributed by atoms with Gasteiger partial charge in [-0.15, -0.1) is 0 Å². The highest BCUT2D eigenvalue weighted by Crippen LogP contribution is 2.27. The Labute approximate surface area is 198 Å². The zero-order valence-electron chi connectivity index (χ0n) is 19.2. The molecular weight excluding hydrogens is 436 g/mol. The van der Waals surface area contributed by atoms with E-state index in [0.29, 0.717) is 35.5 Å². The van der Waals surface area contributed by atoms with E-state index in [-0.39, 0.29) is 18.9 Å². The highest BCUT2D eigenvalue weighted by atomic mass is 16.5. The van der Waals surface area contributed by atoms with E-state index in [2.05, 4.69) is 22.7 Å². The van der Waals surface area contributed by atoms with Gasteiger partial charge in [-0.1, -0.05) is 25.1 Å². The Morgan fingerprint density at radius 1 is 1.12 bits per heavy atom. The quantitative estimate of drug-likeness (QED) is 0.436. The minimum atomic E-state index is -0.896. The number of benzene rings is 2. The fraction of sp³-hybridized carbons (Fsp3) is 0.280. The molecule has 0 radical (unpaired) electrons. The third kappa shape index (κ3) is 6.22. The lowest BCUT2D eigenvalue weighted by molar-refractivity contribution is -0.137. The van der Waals surface area contributed by atoms with Crippen molar-refractivity contribution >= 4 is 40.7 Å². The number of aryl methyl sites for hydroxylation is 1. The maximum absolute atomic E-state index is 13.2. The van der Waals surface area contributed by atoms with E-state index in [1.54, 1.807) is 37.4 Å². The van der Waals surface area contributed by atoms with Crippen molar-refractivity contribution in [2.24, 2.45) is 5.10 Å². The zero-order chi connectivity index (χ0) is 24.5. The van der Waals surface area contributed by atoms with Gasteiger partial charge in [0.05, 0.1) is 23.6 Å². The fourth-order valence-corrected chi connectivity index (χ4v) is 3.46. The van der Waals surface area contributed by atoms with Gasteiger partial charge >= 0.3 is 12.1 Å². The monoisotopic (exact) mass is 464 g/mol. The van der Waals surface area contributed by atoms with Gasteiger partial charge in [0.1, 0.15) is 0 Å². The molecule has 0 spiro atoms. The van der Waals surface area contributed by atoms with Crippen LogP contribution in [0.3, 0.4) is 0 Å². The van der Waals surface area contributed by atoms with Crippen molar-refractivity contribution in [1.29, 1.82) is 0 Å². The fourth-order valence-electron chi connectivity index (χ4n) is 3.46. The van der Waals surface area contributed by atoms with Crippen molar-refractivity contribution in [3.63, 3.8) is 0 Å². The van der Waals surface area contributed by atoms with Crippen LogP contribution in [-0.4, -0.2) is 35.4 Å². The number of aliphatic carboxylic acids is 1. The van der Waals surface area contributed by atoms with E-state index in [9.17, 15) is 14.4 Å². The molecule has 0 unspecified atom stereocenters. The largest absolute Gasteiger partial charge is 0.481 e. The maximum Gasteiger partial charge on any atom is 0.411 e. The second-order valence-corrected chi connectivity index (χ2v) is 7.52. The number of carbonyl (C=O) groups is 3. The van der Waals surface area contributed by atoms with Crippen LogP contribution in [0, 0.1) is 0 Å². The Hall–Kier alpha value is -4.14. The number of nitrogens with one attached hydrogen (secondary N) is 2. The average molecular weight is 465 g/mol. The third-order valence-electron chi connectivity index (χ3n) is 5.16. The van der Waals surface area contributed by atoms with Crippen LogP contribution in [0.15, 0.2) is 65.4 Å². The van der Waals surface area contributed by atoms with Crippen molar-refractivity contribution in [2.45, 2.75) is 39.5 Å². The summed E-state index contributed by atoms with van der Waals surface area (Å²) < 4.78 is 4.86. The molecule has 0 saturated heterocycles. The molecule has 2 aromatic carbocycles. The molecule has 0 saturated carbocycles. The summed E-state index contributed by atoms with van der Waals surface area (Å²) >= 11 is 0. The number of rotatable bonds is 10. The Bertz CT molecular complexity index is 1110.